The Kier molecular flexibility index (Phi) is 7.64. The van der Waals surface area contributed by atoms with E-state index in [9.17, 15) is 4.79 Å². The van der Waals surface area contributed by atoms with Crippen molar-refractivity contribution in [2.75, 3.05) is 6.61 Å². The number of allylic oxidation sites excluding steroid dienone is 1. The molecule has 0 fully saturated rings. The predicted molar refractivity (Wildman–Crippen MR) is 76.8 cm³/mol. The van der Waals surface area contributed by atoms with Crippen LogP contribution >= 0.6 is 0 Å². The molecule has 0 aliphatic carbocycles. The van der Waals surface area contributed by atoms with Gasteiger partial charge in [0.1, 0.15) is 6.29 Å². The quantitative estimate of drug-likeness (QED) is 0.280. The van der Waals surface area contributed by atoms with Gasteiger partial charge in [-0.1, -0.05) is 32.9 Å². The van der Waals surface area contributed by atoms with Crippen molar-refractivity contribution in [1.82, 2.24) is 0 Å². The van der Waals surface area contributed by atoms with E-state index in [0.29, 0.717) is 11.5 Å². The van der Waals surface area contributed by atoms with E-state index < -0.39 is 8.32 Å². The predicted octanol–water partition coefficient (Wildman–Crippen LogP) is 4.32. The summed E-state index contributed by atoms with van der Waals surface area (Å²) in [6.07, 6.45) is 8.91. The fourth-order valence-electron chi connectivity index (χ4n) is 1.15. The fourth-order valence-corrected chi connectivity index (χ4v) is 2.21. The highest BCUT2D eigenvalue weighted by atomic mass is 28.4. The maximum atomic E-state index is 10.1. The Morgan fingerprint density at radius 2 is 1.65 bits per heavy atom. The monoisotopic (exact) mass is 256 g/mol. The van der Waals surface area contributed by atoms with Gasteiger partial charge in [-0.3, -0.25) is 0 Å². The van der Waals surface area contributed by atoms with Crippen molar-refractivity contribution < 1.29 is 9.22 Å². The average molecular weight is 256 g/mol. The normalized spacial score (nSPS) is 13.2. The zero-order chi connectivity index (χ0) is 13.4. The van der Waals surface area contributed by atoms with Crippen LogP contribution in [0.25, 0.3) is 0 Å². The molecule has 0 spiro atoms. The highest BCUT2D eigenvalue weighted by Gasteiger charge is 2.36. The second kappa shape index (κ2) is 7.83. The molecule has 3 heteroatoms. The van der Waals surface area contributed by atoms with Crippen LogP contribution in [0.4, 0.5) is 0 Å². The first kappa shape index (κ1) is 16.6. The van der Waals surface area contributed by atoms with Crippen LogP contribution in [-0.4, -0.2) is 21.2 Å². The van der Waals surface area contributed by atoms with Crippen molar-refractivity contribution in [1.29, 1.82) is 0 Å². The minimum Gasteiger partial charge on any atom is -0.417 e. The van der Waals surface area contributed by atoms with E-state index in [0.717, 1.165) is 32.2 Å². The zero-order valence-electron chi connectivity index (χ0n) is 12.1. The van der Waals surface area contributed by atoms with Crippen LogP contribution in [0.3, 0.4) is 0 Å². The number of hydrogen-bond acceptors (Lipinski definition) is 2. The third kappa shape index (κ3) is 7.50. The third-order valence-corrected chi connectivity index (χ3v) is 7.95. The van der Waals surface area contributed by atoms with Gasteiger partial charge in [0.2, 0.25) is 0 Å². The van der Waals surface area contributed by atoms with Gasteiger partial charge in [-0.05, 0) is 37.4 Å². The van der Waals surface area contributed by atoms with Crippen molar-refractivity contribution in [2.45, 2.75) is 64.6 Å². The molecule has 0 aromatic rings. The molecule has 0 radical (unpaired) electrons. The summed E-state index contributed by atoms with van der Waals surface area (Å²) in [6.45, 7) is 12.2. The Morgan fingerprint density at radius 1 is 1.06 bits per heavy atom. The number of carbonyl (C=O) groups excluding carboxylic acids is 1. The number of carbonyl (C=O) groups is 1. The maximum absolute atomic E-state index is 10.1. The molecule has 0 rings (SSSR count). The first-order valence-electron chi connectivity index (χ1n) is 6.54. The van der Waals surface area contributed by atoms with Gasteiger partial charge < -0.3 is 9.22 Å². The highest BCUT2D eigenvalue weighted by Crippen LogP contribution is 2.36. The molecular formula is C14H28O2Si. The van der Waals surface area contributed by atoms with Crippen LogP contribution in [-0.2, 0) is 9.22 Å². The Balaban J connectivity index is 3.67. The van der Waals surface area contributed by atoms with E-state index in [4.69, 9.17) is 4.43 Å². The molecule has 2 nitrogen and oxygen atoms in total. The summed E-state index contributed by atoms with van der Waals surface area (Å²) >= 11 is 0. The molecule has 0 aliphatic heterocycles. The smallest absolute Gasteiger partial charge is 0.191 e. The van der Waals surface area contributed by atoms with Crippen molar-refractivity contribution in [3.8, 4) is 0 Å². The van der Waals surface area contributed by atoms with E-state index in [1.54, 1.807) is 0 Å². The van der Waals surface area contributed by atoms with Gasteiger partial charge in [0, 0.05) is 13.0 Å². The van der Waals surface area contributed by atoms with Gasteiger partial charge in [0.05, 0.1) is 0 Å². The van der Waals surface area contributed by atoms with Gasteiger partial charge >= 0.3 is 0 Å². The Morgan fingerprint density at radius 3 is 2.18 bits per heavy atom. The molecule has 0 aromatic heterocycles. The van der Waals surface area contributed by atoms with Crippen LogP contribution < -0.4 is 0 Å². The van der Waals surface area contributed by atoms with Crippen LogP contribution in [0.5, 0.6) is 0 Å². The topological polar surface area (TPSA) is 26.3 Å². The molecule has 0 saturated carbocycles. The van der Waals surface area contributed by atoms with Gasteiger partial charge in [-0.25, -0.2) is 0 Å². The number of aldehydes is 1. The second-order valence-corrected chi connectivity index (χ2v) is 10.8. The molecule has 0 atom stereocenters. The SMILES string of the molecule is CC(C)(C)[Si](C)(C)OCC/C=C/CCCC=O. The van der Waals surface area contributed by atoms with Gasteiger partial charge in [0.25, 0.3) is 0 Å². The van der Waals surface area contributed by atoms with Gasteiger partial charge in [-0.15, -0.1) is 0 Å². The molecule has 17 heavy (non-hydrogen) atoms. The number of rotatable bonds is 8. The lowest BCUT2D eigenvalue weighted by Gasteiger charge is -2.36. The van der Waals surface area contributed by atoms with E-state index in [1.807, 2.05) is 0 Å². The Labute approximate surface area is 108 Å². The van der Waals surface area contributed by atoms with Crippen molar-refractivity contribution in [2.24, 2.45) is 0 Å². The van der Waals surface area contributed by atoms with Crippen molar-refractivity contribution in [3.05, 3.63) is 12.2 Å². The maximum Gasteiger partial charge on any atom is 0.191 e. The molecule has 100 valence electrons. The molecular weight excluding hydrogens is 228 g/mol. The molecule has 0 bridgehead atoms. The third-order valence-electron chi connectivity index (χ3n) is 3.41. The second-order valence-electron chi connectivity index (χ2n) is 5.97. The summed E-state index contributed by atoms with van der Waals surface area (Å²) in [6, 6.07) is 0. The Hall–Kier alpha value is -0.413. The molecule has 0 heterocycles. The van der Waals surface area contributed by atoms with E-state index in [1.165, 1.54) is 0 Å². The van der Waals surface area contributed by atoms with Gasteiger partial charge in [0.15, 0.2) is 8.32 Å². The lowest BCUT2D eigenvalue weighted by Crippen LogP contribution is -2.40. The van der Waals surface area contributed by atoms with Crippen LogP contribution in [0, 0.1) is 0 Å². The van der Waals surface area contributed by atoms with Gasteiger partial charge in [-0.2, -0.15) is 0 Å². The molecule has 0 amide bonds. The number of unbranched alkanes of at least 4 members (excludes halogenated alkanes) is 2. The van der Waals surface area contributed by atoms with Crippen LogP contribution in [0.1, 0.15) is 46.5 Å². The summed E-state index contributed by atoms with van der Waals surface area (Å²) in [5.41, 5.74) is 0. The van der Waals surface area contributed by atoms with Crippen LogP contribution in [0.2, 0.25) is 18.1 Å². The zero-order valence-corrected chi connectivity index (χ0v) is 13.1. The van der Waals surface area contributed by atoms with Crippen LogP contribution in [0.15, 0.2) is 12.2 Å². The standard InChI is InChI=1S/C14H28O2Si/c1-14(2,3)17(4,5)16-13-11-9-7-6-8-10-12-15/h7,9,12H,6,8,10-11,13H2,1-5H3/b9-7+. The lowest BCUT2D eigenvalue weighted by molar-refractivity contribution is -0.107. The molecule has 0 saturated heterocycles. The summed E-state index contributed by atoms with van der Waals surface area (Å²) in [7, 11) is -1.57. The van der Waals surface area contributed by atoms with E-state index >= 15 is 0 Å². The minimum atomic E-state index is -1.57. The summed E-state index contributed by atoms with van der Waals surface area (Å²) in [5.74, 6) is 0. The Bertz CT molecular complexity index is 239. The van der Waals surface area contributed by atoms with E-state index in [2.05, 4.69) is 46.0 Å². The average Bonchev–Trinajstić information content (AvgIpc) is 2.20. The minimum absolute atomic E-state index is 0.292. The summed E-state index contributed by atoms with van der Waals surface area (Å²) in [5, 5.41) is 0.292. The summed E-state index contributed by atoms with van der Waals surface area (Å²) < 4.78 is 6.05. The molecule has 0 aromatic carbocycles. The lowest BCUT2D eigenvalue weighted by atomic mass is 10.2. The largest absolute Gasteiger partial charge is 0.417 e. The first-order valence-corrected chi connectivity index (χ1v) is 9.44. The first-order chi connectivity index (χ1) is 7.81. The highest BCUT2D eigenvalue weighted by molar-refractivity contribution is 6.74. The molecule has 0 aliphatic rings. The van der Waals surface area contributed by atoms with Crippen molar-refractivity contribution >= 4 is 14.6 Å². The fraction of sp³-hybridized carbons (Fsp3) is 0.786. The van der Waals surface area contributed by atoms with E-state index in [-0.39, 0.29) is 0 Å². The summed E-state index contributed by atoms with van der Waals surface area (Å²) in [4.78, 5) is 10.1. The molecule has 0 unspecified atom stereocenters. The molecule has 0 N–H and O–H groups in total. The number of hydrogen-bond donors (Lipinski definition) is 0. The van der Waals surface area contributed by atoms with Crippen molar-refractivity contribution in [3.63, 3.8) is 0 Å².